The van der Waals surface area contributed by atoms with Gasteiger partial charge in [0, 0.05) is 11.6 Å². The first kappa shape index (κ1) is 10.7. The highest BCUT2D eigenvalue weighted by molar-refractivity contribution is 9.10. The van der Waals surface area contributed by atoms with Crippen molar-refractivity contribution < 1.29 is 0 Å². The number of hydrogen-bond donors (Lipinski definition) is 0. The van der Waals surface area contributed by atoms with Crippen molar-refractivity contribution in [1.29, 1.82) is 0 Å². The monoisotopic (exact) mass is 308 g/mol. The molecule has 0 aliphatic carbocycles. The molecular formula is C11H6BrClN4. The van der Waals surface area contributed by atoms with E-state index in [4.69, 9.17) is 11.6 Å². The van der Waals surface area contributed by atoms with Crippen molar-refractivity contribution in [2.24, 2.45) is 0 Å². The van der Waals surface area contributed by atoms with Gasteiger partial charge in [-0.2, -0.15) is 9.61 Å². The zero-order valence-corrected chi connectivity index (χ0v) is 10.9. The van der Waals surface area contributed by atoms with Gasteiger partial charge in [-0.05, 0) is 15.9 Å². The Morgan fingerprint density at radius 1 is 1.12 bits per heavy atom. The Bertz CT molecular complexity index is 681. The average molecular weight is 310 g/mol. The summed E-state index contributed by atoms with van der Waals surface area (Å²) in [6.07, 6.45) is 0. The fourth-order valence-corrected chi connectivity index (χ4v) is 1.97. The molecule has 6 heteroatoms. The summed E-state index contributed by atoms with van der Waals surface area (Å²) in [5.74, 6) is 0.676. The van der Waals surface area contributed by atoms with Gasteiger partial charge in [0.15, 0.2) is 16.6 Å². The van der Waals surface area contributed by atoms with E-state index < -0.39 is 0 Å². The Labute approximate surface area is 110 Å². The predicted octanol–water partition coefficient (Wildman–Crippen LogP) is 3.21. The van der Waals surface area contributed by atoms with Crippen molar-refractivity contribution in [3.8, 4) is 11.4 Å². The van der Waals surface area contributed by atoms with Crippen molar-refractivity contribution in [3.63, 3.8) is 0 Å². The quantitative estimate of drug-likeness (QED) is 0.693. The van der Waals surface area contributed by atoms with E-state index >= 15 is 0 Å². The molecule has 0 aliphatic rings. The normalized spacial score (nSPS) is 10.9. The molecule has 17 heavy (non-hydrogen) atoms. The van der Waals surface area contributed by atoms with Crippen LogP contribution in [0.25, 0.3) is 17.0 Å². The number of hydrogen-bond acceptors (Lipinski definition) is 3. The summed E-state index contributed by atoms with van der Waals surface area (Å²) in [5, 5.41) is 12.8. The molecule has 0 amide bonds. The van der Waals surface area contributed by atoms with E-state index in [9.17, 15) is 0 Å². The highest BCUT2D eigenvalue weighted by Crippen LogP contribution is 2.23. The maximum absolute atomic E-state index is 5.97. The molecule has 0 N–H and O–H groups in total. The molecule has 0 fully saturated rings. The zero-order valence-electron chi connectivity index (χ0n) is 8.51. The van der Waals surface area contributed by atoms with Crippen LogP contribution in [0.5, 0.6) is 0 Å². The van der Waals surface area contributed by atoms with Crippen molar-refractivity contribution in [2.45, 2.75) is 0 Å². The third-order valence-electron chi connectivity index (χ3n) is 2.34. The maximum atomic E-state index is 5.97. The Hall–Kier alpha value is -1.46. The SMILES string of the molecule is Clc1nn2c(-c3ccccc3)nnc2cc1Br. The first-order valence-electron chi connectivity index (χ1n) is 4.88. The molecule has 0 bridgehead atoms. The van der Waals surface area contributed by atoms with Gasteiger partial charge in [-0.25, -0.2) is 0 Å². The van der Waals surface area contributed by atoms with Crippen LogP contribution in [0, 0.1) is 0 Å². The molecule has 84 valence electrons. The number of rotatable bonds is 1. The van der Waals surface area contributed by atoms with E-state index in [0.717, 1.165) is 5.56 Å². The lowest BCUT2D eigenvalue weighted by Crippen LogP contribution is -1.95. The first-order chi connectivity index (χ1) is 8.25. The highest BCUT2D eigenvalue weighted by Gasteiger charge is 2.11. The molecule has 0 spiro atoms. The number of fused-ring (bicyclic) bond motifs is 1. The molecule has 0 radical (unpaired) electrons. The van der Waals surface area contributed by atoms with Gasteiger partial charge in [0.2, 0.25) is 0 Å². The van der Waals surface area contributed by atoms with Crippen LogP contribution in [-0.4, -0.2) is 19.8 Å². The van der Waals surface area contributed by atoms with Crippen molar-refractivity contribution >= 4 is 33.2 Å². The van der Waals surface area contributed by atoms with Crippen molar-refractivity contribution in [3.05, 3.63) is 46.0 Å². The molecule has 4 nitrogen and oxygen atoms in total. The second kappa shape index (κ2) is 4.09. The molecule has 2 heterocycles. The minimum atomic E-state index is 0.384. The molecule has 0 saturated carbocycles. The fraction of sp³-hybridized carbons (Fsp3) is 0. The van der Waals surface area contributed by atoms with Gasteiger partial charge < -0.3 is 0 Å². The number of benzene rings is 1. The third kappa shape index (κ3) is 1.81. The van der Waals surface area contributed by atoms with E-state index in [2.05, 4.69) is 31.2 Å². The van der Waals surface area contributed by atoms with Gasteiger partial charge in [0.1, 0.15) is 0 Å². The first-order valence-corrected chi connectivity index (χ1v) is 6.05. The number of aromatic nitrogens is 4. The van der Waals surface area contributed by atoms with Gasteiger partial charge in [0.05, 0.1) is 4.47 Å². The molecule has 0 aliphatic heterocycles. The Kier molecular flexibility index (Phi) is 2.57. The van der Waals surface area contributed by atoms with Crippen molar-refractivity contribution in [2.75, 3.05) is 0 Å². The fourth-order valence-electron chi connectivity index (χ4n) is 1.56. The summed E-state index contributed by atoms with van der Waals surface area (Å²) in [6.45, 7) is 0. The molecule has 3 rings (SSSR count). The largest absolute Gasteiger partial charge is 0.191 e. The van der Waals surface area contributed by atoms with Gasteiger partial charge in [-0.1, -0.05) is 41.9 Å². The molecular weight excluding hydrogens is 304 g/mol. The van der Waals surface area contributed by atoms with Gasteiger partial charge in [-0.3, -0.25) is 0 Å². The van der Waals surface area contributed by atoms with Gasteiger partial charge >= 0.3 is 0 Å². The summed E-state index contributed by atoms with van der Waals surface area (Å²) >= 11 is 9.28. The number of nitrogens with zero attached hydrogens (tertiary/aromatic N) is 4. The van der Waals surface area contributed by atoms with E-state index in [1.165, 1.54) is 0 Å². The lowest BCUT2D eigenvalue weighted by atomic mass is 10.2. The Balaban J connectivity index is 2.29. The zero-order chi connectivity index (χ0) is 11.8. The molecule has 0 atom stereocenters. The predicted molar refractivity (Wildman–Crippen MR) is 68.9 cm³/mol. The Morgan fingerprint density at radius 3 is 2.65 bits per heavy atom. The minimum Gasteiger partial charge on any atom is -0.191 e. The van der Waals surface area contributed by atoms with Crippen LogP contribution in [0.1, 0.15) is 0 Å². The van der Waals surface area contributed by atoms with Crippen LogP contribution >= 0.6 is 27.5 Å². The summed E-state index contributed by atoms with van der Waals surface area (Å²) < 4.78 is 2.33. The van der Waals surface area contributed by atoms with Crippen LogP contribution in [-0.2, 0) is 0 Å². The topological polar surface area (TPSA) is 43.1 Å². The second-order valence-electron chi connectivity index (χ2n) is 3.44. The standard InChI is InChI=1S/C11H6BrClN4/c12-8-6-9-14-15-11(17(9)16-10(8)13)7-4-2-1-3-5-7/h1-6H. The minimum absolute atomic E-state index is 0.384. The van der Waals surface area contributed by atoms with Crippen LogP contribution in [0.4, 0.5) is 0 Å². The van der Waals surface area contributed by atoms with Gasteiger partial charge in [0.25, 0.3) is 0 Å². The van der Waals surface area contributed by atoms with E-state index in [1.54, 1.807) is 10.6 Å². The van der Waals surface area contributed by atoms with Crippen LogP contribution in [0.15, 0.2) is 40.9 Å². The summed E-state index contributed by atoms with van der Waals surface area (Å²) in [5.41, 5.74) is 1.60. The van der Waals surface area contributed by atoms with E-state index in [0.29, 0.717) is 21.1 Å². The van der Waals surface area contributed by atoms with E-state index in [1.807, 2.05) is 30.3 Å². The molecule has 0 saturated heterocycles. The lowest BCUT2D eigenvalue weighted by molar-refractivity contribution is 0.932. The summed E-state index contributed by atoms with van der Waals surface area (Å²) in [7, 11) is 0. The Morgan fingerprint density at radius 2 is 1.88 bits per heavy atom. The molecule has 2 aromatic heterocycles. The molecule has 0 unspecified atom stereocenters. The van der Waals surface area contributed by atoms with Crippen LogP contribution in [0.3, 0.4) is 0 Å². The van der Waals surface area contributed by atoms with Crippen LogP contribution in [0.2, 0.25) is 5.15 Å². The summed E-state index contributed by atoms with van der Waals surface area (Å²) in [4.78, 5) is 0. The average Bonchev–Trinajstić information content (AvgIpc) is 2.74. The van der Waals surface area contributed by atoms with Gasteiger partial charge in [-0.15, -0.1) is 10.2 Å². The van der Waals surface area contributed by atoms with Crippen LogP contribution < -0.4 is 0 Å². The smallest absolute Gasteiger partial charge is 0.185 e. The maximum Gasteiger partial charge on any atom is 0.185 e. The van der Waals surface area contributed by atoms with E-state index in [-0.39, 0.29) is 0 Å². The third-order valence-corrected chi connectivity index (χ3v) is 3.45. The molecule has 3 aromatic rings. The second-order valence-corrected chi connectivity index (χ2v) is 4.66. The number of halogens is 2. The lowest BCUT2D eigenvalue weighted by Gasteiger charge is -2.00. The molecule has 1 aromatic carbocycles. The summed E-state index contributed by atoms with van der Waals surface area (Å²) in [6, 6.07) is 11.5. The van der Waals surface area contributed by atoms with Crippen molar-refractivity contribution in [1.82, 2.24) is 19.8 Å². The highest BCUT2D eigenvalue weighted by atomic mass is 79.9.